The number of fused-ring (bicyclic) bond motifs is 1. The van der Waals surface area contributed by atoms with E-state index in [-0.39, 0.29) is 11.5 Å². The maximum atomic E-state index is 13.4. The first-order valence-electron chi connectivity index (χ1n) is 7.73. The van der Waals surface area contributed by atoms with Gasteiger partial charge in [-0.1, -0.05) is 30.3 Å². The van der Waals surface area contributed by atoms with Gasteiger partial charge in [0, 0.05) is 22.7 Å². The number of aromatic amines is 1. The quantitative estimate of drug-likeness (QED) is 0.550. The summed E-state index contributed by atoms with van der Waals surface area (Å²) in [4.78, 5) is 27.3. The fraction of sp³-hybridized carbons (Fsp3) is 0.158. The molecule has 5 nitrogen and oxygen atoms in total. The van der Waals surface area contributed by atoms with E-state index in [4.69, 9.17) is 9.47 Å². The Morgan fingerprint density at radius 2 is 1.84 bits per heavy atom. The van der Waals surface area contributed by atoms with Crippen molar-refractivity contribution < 1.29 is 23.5 Å². The largest absolute Gasteiger partial charge is 0.479 e. The van der Waals surface area contributed by atoms with Crippen LogP contribution in [-0.4, -0.2) is 29.4 Å². The number of hydrogen-bond donors (Lipinski definition) is 1. The minimum Gasteiger partial charge on any atom is -0.479 e. The Morgan fingerprint density at radius 1 is 1.12 bits per heavy atom. The molecule has 0 saturated heterocycles. The highest BCUT2D eigenvalue weighted by Crippen LogP contribution is 2.20. The van der Waals surface area contributed by atoms with Gasteiger partial charge in [-0.15, -0.1) is 0 Å². The number of halogens is 1. The molecule has 128 valence electrons. The van der Waals surface area contributed by atoms with Gasteiger partial charge in [0.1, 0.15) is 0 Å². The van der Waals surface area contributed by atoms with Gasteiger partial charge in [0.15, 0.2) is 24.3 Å². The predicted octanol–water partition coefficient (Wildman–Crippen LogP) is 3.50. The molecule has 1 aromatic heterocycles. The van der Waals surface area contributed by atoms with Gasteiger partial charge in [-0.25, -0.2) is 9.18 Å². The highest BCUT2D eigenvalue weighted by atomic mass is 19.1. The lowest BCUT2D eigenvalue weighted by molar-refractivity contribution is -0.148. The molecule has 0 fully saturated rings. The van der Waals surface area contributed by atoms with Crippen LogP contribution in [0, 0.1) is 5.82 Å². The lowest BCUT2D eigenvalue weighted by Gasteiger charge is -2.12. The van der Waals surface area contributed by atoms with Crippen molar-refractivity contribution in [1.29, 1.82) is 0 Å². The average molecular weight is 341 g/mol. The van der Waals surface area contributed by atoms with Crippen LogP contribution < -0.4 is 4.74 Å². The normalized spacial score (nSPS) is 11.9. The summed E-state index contributed by atoms with van der Waals surface area (Å²) in [6.07, 6.45) is 0.614. The summed E-state index contributed by atoms with van der Waals surface area (Å²) >= 11 is 0. The molecule has 1 heterocycles. The topological polar surface area (TPSA) is 68.4 Å². The molecule has 0 aliphatic heterocycles. The number of hydrogen-bond acceptors (Lipinski definition) is 4. The van der Waals surface area contributed by atoms with Gasteiger partial charge in [0.25, 0.3) is 0 Å². The molecule has 6 heteroatoms. The van der Waals surface area contributed by atoms with E-state index in [1.165, 1.54) is 25.1 Å². The molecular weight excluding hydrogens is 325 g/mol. The zero-order chi connectivity index (χ0) is 17.8. The first-order valence-corrected chi connectivity index (χ1v) is 7.73. The van der Waals surface area contributed by atoms with E-state index in [9.17, 15) is 14.0 Å². The van der Waals surface area contributed by atoms with Crippen molar-refractivity contribution in [1.82, 2.24) is 4.98 Å². The van der Waals surface area contributed by atoms with Crippen LogP contribution in [0.2, 0.25) is 0 Å². The van der Waals surface area contributed by atoms with E-state index in [0.29, 0.717) is 5.56 Å². The second-order valence-corrected chi connectivity index (χ2v) is 5.46. The highest BCUT2D eigenvalue weighted by molar-refractivity contribution is 6.10. The Morgan fingerprint density at radius 3 is 2.64 bits per heavy atom. The Kier molecular flexibility index (Phi) is 4.79. The third-order valence-corrected chi connectivity index (χ3v) is 3.71. The van der Waals surface area contributed by atoms with Gasteiger partial charge in [-0.05, 0) is 25.1 Å². The molecule has 0 bridgehead atoms. The number of ether oxygens (including phenoxy) is 2. The van der Waals surface area contributed by atoms with Gasteiger partial charge < -0.3 is 14.5 Å². The van der Waals surface area contributed by atoms with Crippen LogP contribution >= 0.6 is 0 Å². The molecule has 3 aromatic rings. The second-order valence-electron chi connectivity index (χ2n) is 5.46. The van der Waals surface area contributed by atoms with E-state index >= 15 is 0 Å². The van der Waals surface area contributed by atoms with Crippen molar-refractivity contribution in [3.63, 3.8) is 0 Å². The molecular formula is C19H16FNO4. The average Bonchev–Trinajstić information content (AvgIpc) is 3.04. The highest BCUT2D eigenvalue weighted by Gasteiger charge is 2.22. The zero-order valence-electron chi connectivity index (χ0n) is 13.5. The first-order chi connectivity index (χ1) is 12.1. The maximum Gasteiger partial charge on any atom is 0.344 e. The van der Waals surface area contributed by atoms with E-state index in [1.54, 1.807) is 12.3 Å². The van der Waals surface area contributed by atoms with Crippen molar-refractivity contribution in [2.75, 3.05) is 6.61 Å². The van der Waals surface area contributed by atoms with Gasteiger partial charge in [-0.3, -0.25) is 4.79 Å². The Hall–Kier alpha value is -3.15. The molecule has 0 aliphatic carbocycles. The number of nitrogens with one attached hydrogen (secondary N) is 1. The van der Waals surface area contributed by atoms with Crippen LogP contribution in [0.15, 0.2) is 54.7 Å². The fourth-order valence-corrected chi connectivity index (χ4v) is 2.48. The van der Waals surface area contributed by atoms with Crippen molar-refractivity contribution in [2.45, 2.75) is 13.0 Å². The van der Waals surface area contributed by atoms with E-state index in [2.05, 4.69) is 4.98 Å². The molecule has 0 aliphatic rings. The number of benzene rings is 2. The molecule has 0 unspecified atom stereocenters. The molecule has 0 radical (unpaired) electrons. The molecule has 25 heavy (non-hydrogen) atoms. The van der Waals surface area contributed by atoms with Crippen molar-refractivity contribution in [3.05, 3.63) is 66.1 Å². The fourth-order valence-electron chi connectivity index (χ4n) is 2.48. The summed E-state index contributed by atoms with van der Waals surface area (Å²) in [6.45, 7) is 1.01. The van der Waals surface area contributed by atoms with Crippen molar-refractivity contribution in [3.8, 4) is 5.75 Å². The number of para-hydroxylation sites is 2. The van der Waals surface area contributed by atoms with E-state index < -0.39 is 24.5 Å². The number of carbonyl (C=O) groups excluding carboxylic acids is 2. The standard InChI is InChI=1S/C19H16FNO4/c1-12(19(23)14-10-21-16-8-4-2-6-13(14)16)25-18(22)11-24-17-9-5-3-7-15(17)20/h2-10,12,21H,11H2,1H3/t12-/m1/s1. The molecule has 0 amide bonds. The maximum absolute atomic E-state index is 13.4. The van der Waals surface area contributed by atoms with Crippen LogP contribution in [-0.2, 0) is 9.53 Å². The predicted molar refractivity (Wildman–Crippen MR) is 90.1 cm³/mol. The molecule has 0 saturated carbocycles. The molecule has 0 spiro atoms. The molecule has 3 rings (SSSR count). The van der Waals surface area contributed by atoms with E-state index in [0.717, 1.165) is 10.9 Å². The summed E-state index contributed by atoms with van der Waals surface area (Å²) in [6, 6.07) is 13.1. The number of ketones is 1. The van der Waals surface area contributed by atoms with Crippen molar-refractivity contribution >= 4 is 22.7 Å². The number of H-pyrrole nitrogens is 1. The molecule has 1 N–H and O–H groups in total. The van der Waals surface area contributed by atoms with Gasteiger partial charge in [0.2, 0.25) is 5.78 Å². The smallest absolute Gasteiger partial charge is 0.344 e. The number of aromatic nitrogens is 1. The first kappa shape index (κ1) is 16.7. The summed E-state index contributed by atoms with van der Waals surface area (Å²) in [5.74, 6) is -1.69. The van der Waals surface area contributed by atoms with Gasteiger partial charge >= 0.3 is 5.97 Å². The SMILES string of the molecule is C[C@@H](OC(=O)COc1ccccc1F)C(=O)c1c[nH]c2ccccc12. The lowest BCUT2D eigenvalue weighted by Crippen LogP contribution is -2.27. The minimum atomic E-state index is -0.976. The summed E-state index contributed by atoms with van der Waals surface area (Å²) in [7, 11) is 0. The van der Waals surface area contributed by atoms with Gasteiger partial charge in [0.05, 0.1) is 0 Å². The number of esters is 1. The lowest BCUT2D eigenvalue weighted by atomic mass is 10.1. The van der Waals surface area contributed by atoms with Crippen LogP contribution in [0.5, 0.6) is 5.75 Å². The number of rotatable bonds is 6. The minimum absolute atomic E-state index is 0.0462. The number of carbonyl (C=O) groups is 2. The number of Topliss-reactive ketones (excluding diaryl/α,β-unsaturated/α-hetero) is 1. The molecule has 1 atom stereocenters. The van der Waals surface area contributed by atoms with Gasteiger partial charge in [-0.2, -0.15) is 0 Å². The van der Waals surface area contributed by atoms with Crippen LogP contribution in [0.1, 0.15) is 17.3 Å². The van der Waals surface area contributed by atoms with Crippen LogP contribution in [0.25, 0.3) is 10.9 Å². The molecule has 2 aromatic carbocycles. The third-order valence-electron chi connectivity index (χ3n) is 3.71. The third kappa shape index (κ3) is 3.68. The monoisotopic (exact) mass is 341 g/mol. The van der Waals surface area contributed by atoms with Crippen molar-refractivity contribution in [2.24, 2.45) is 0 Å². The van der Waals surface area contributed by atoms with E-state index in [1.807, 2.05) is 24.3 Å². The summed E-state index contributed by atoms with van der Waals surface area (Å²) in [5.41, 5.74) is 1.28. The second kappa shape index (κ2) is 7.17. The summed E-state index contributed by atoms with van der Waals surface area (Å²) < 4.78 is 23.6. The Labute approximate surface area is 143 Å². The Balaban J connectivity index is 1.61. The Bertz CT molecular complexity index is 918. The summed E-state index contributed by atoms with van der Waals surface area (Å²) in [5, 5.41) is 0.762. The zero-order valence-corrected chi connectivity index (χ0v) is 13.5. The van der Waals surface area contributed by atoms with Crippen LogP contribution in [0.4, 0.5) is 4.39 Å². The van der Waals surface area contributed by atoms with Crippen LogP contribution in [0.3, 0.4) is 0 Å².